The van der Waals surface area contributed by atoms with E-state index >= 15 is 0 Å². The number of aromatic nitrogens is 2. The van der Waals surface area contributed by atoms with Crippen molar-refractivity contribution in [3.05, 3.63) is 96.3 Å². The van der Waals surface area contributed by atoms with Crippen molar-refractivity contribution < 1.29 is 19.2 Å². The second kappa shape index (κ2) is 15.8. The summed E-state index contributed by atoms with van der Waals surface area (Å²) < 4.78 is 0. The first-order chi connectivity index (χ1) is 24.4. The van der Waals surface area contributed by atoms with Crippen LogP contribution in [0.4, 0.5) is 34.4 Å². The smallest absolute Gasteiger partial charge is 0.257 e. The van der Waals surface area contributed by atoms with Gasteiger partial charge in [0.15, 0.2) is 11.6 Å². The normalized spacial score (nSPS) is 13.4. The number of rotatable bonds is 13. The average Bonchev–Trinajstić information content (AvgIpc) is 3.34. The first-order valence-corrected chi connectivity index (χ1v) is 17.2. The van der Waals surface area contributed by atoms with Gasteiger partial charge in [-0.05, 0) is 87.6 Å². The monoisotopic (exact) mass is 674 g/mol. The van der Waals surface area contributed by atoms with Gasteiger partial charge in [0, 0.05) is 12.4 Å². The molecule has 2 aromatic carbocycles. The quantitative estimate of drug-likeness (QED) is 0.169. The Kier molecular flexibility index (Phi) is 10.9. The molecule has 50 heavy (non-hydrogen) atoms. The summed E-state index contributed by atoms with van der Waals surface area (Å²) in [5, 5.41) is 5.75. The topological polar surface area (TPSA) is 131 Å². The van der Waals surface area contributed by atoms with Gasteiger partial charge in [0.25, 0.3) is 11.8 Å². The fourth-order valence-corrected chi connectivity index (χ4v) is 6.48. The maximum atomic E-state index is 14.4. The van der Waals surface area contributed by atoms with Gasteiger partial charge < -0.3 is 15.5 Å². The number of unbranched alkanes of at least 4 members (excludes halogenated alkanes) is 3. The Balaban J connectivity index is 1.29. The molecule has 4 amide bonds. The molecule has 2 aliphatic heterocycles. The molecule has 4 aromatic rings. The highest BCUT2D eigenvalue weighted by molar-refractivity contribution is 6.18. The van der Waals surface area contributed by atoms with E-state index in [2.05, 4.69) is 39.3 Å². The highest BCUT2D eigenvalue weighted by atomic mass is 16.2. The standard InChI is InChI=1S/C38H42N8O4/c1-3-43(4-2)23-11-5-6-12-24-44(25-33(47)45-31-19-9-7-15-27(31)37(49)41-29-17-13-21-39-35(29)45)26-34(48)46-32-20-10-8-16-28(32)38(50)42-30-18-14-22-40-36(30)46/h7-10,13-22H,3-6,11-12,23-26H2,1-2H3,(H,41,49)(H,42,50). The number of hydrogen-bond donors (Lipinski definition) is 2. The summed E-state index contributed by atoms with van der Waals surface area (Å²) in [6.45, 7) is 7.65. The Morgan fingerprint density at radius 1 is 0.600 bits per heavy atom. The minimum absolute atomic E-state index is 0.120. The van der Waals surface area contributed by atoms with E-state index < -0.39 is 0 Å². The van der Waals surface area contributed by atoms with Crippen LogP contribution < -0.4 is 20.4 Å². The molecule has 4 heterocycles. The number of hydrogen-bond acceptors (Lipinski definition) is 8. The number of benzene rings is 2. The lowest BCUT2D eigenvalue weighted by Gasteiger charge is -2.29. The number of anilines is 6. The summed E-state index contributed by atoms with van der Waals surface area (Å²) >= 11 is 0. The first-order valence-electron chi connectivity index (χ1n) is 17.2. The number of carbonyl (C=O) groups is 4. The maximum absolute atomic E-state index is 14.4. The van der Waals surface area contributed by atoms with Gasteiger partial charge in [-0.3, -0.25) is 33.9 Å². The molecule has 0 unspecified atom stereocenters. The summed E-state index contributed by atoms with van der Waals surface area (Å²) in [5.41, 5.74) is 2.35. The zero-order valence-electron chi connectivity index (χ0n) is 28.5. The van der Waals surface area contributed by atoms with Crippen LogP contribution in [0.5, 0.6) is 0 Å². The van der Waals surface area contributed by atoms with Gasteiger partial charge in [0.1, 0.15) is 0 Å². The van der Waals surface area contributed by atoms with E-state index in [9.17, 15) is 19.2 Å². The predicted molar refractivity (Wildman–Crippen MR) is 194 cm³/mol. The fraction of sp³-hybridized carbons (Fsp3) is 0.316. The van der Waals surface area contributed by atoms with E-state index in [1.807, 2.05) is 4.90 Å². The number of amides is 4. The highest BCUT2D eigenvalue weighted by Gasteiger charge is 2.34. The third-order valence-corrected chi connectivity index (χ3v) is 9.08. The number of pyridine rings is 2. The van der Waals surface area contributed by atoms with Crippen molar-refractivity contribution in [2.45, 2.75) is 39.5 Å². The van der Waals surface area contributed by atoms with Crippen LogP contribution in [-0.4, -0.2) is 82.7 Å². The van der Waals surface area contributed by atoms with Crippen LogP contribution in [-0.2, 0) is 9.59 Å². The predicted octanol–water partition coefficient (Wildman–Crippen LogP) is 5.84. The average molecular weight is 675 g/mol. The van der Waals surface area contributed by atoms with Crippen molar-refractivity contribution in [1.82, 2.24) is 19.8 Å². The van der Waals surface area contributed by atoms with Gasteiger partial charge in [-0.2, -0.15) is 0 Å². The molecule has 0 radical (unpaired) electrons. The van der Waals surface area contributed by atoms with Crippen molar-refractivity contribution in [2.75, 3.05) is 59.7 Å². The molecule has 0 spiro atoms. The molecular formula is C38H42N8O4. The Morgan fingerprint density at radius 3 is 1.50 bits per heavy atom. The number of carbonyl (C=O) groups excluding carboxylic acids is 4. The Bertz CT molecular complexity index is 1750. The SMILES string of the molecule is CCN(CC)CCCCCCN(CC(=O)N1c2ccccc2C(=O)Nc2cccnc21)CC(=O)N1c2ccccc2C(=O)Nc2cccnc21. The van der Waals surface area contributed by atoms with Crippen molar-refractivity contribution in [3.8, 4) is 0 Å². The molecule has 0 saturated carbocycles. The third-order valence-electron chi connectivity index (χ3n) is 9.08. The molecule has 6 rings (SSSR count). The Hall–Kier alpha value is -5.46. The molecule has 2 aromatic heterocycles. The number of nitrogens with one attached hydrogen (secondary N) is 2. The zero-order valence-corrected chi connectivity index (χ0v) is 28.5. The third kappa shape index (κ3) is 7.41. The molecule has 12 heteroatoms. The molecule has 0 bridgehead atoms. The van der Waals surface area contributed by atoms with E-state index in [0.29, 0.717) is 52.1 Å². The molecule has 258 valence electrons. The van der Waals surface area contributed by atoms with Gasteiger partial charge in [0.2, 0.25) is 11.8 Å². The van der Waals surface area contributed by atoms with E-state index in [4.69, 9.17) is 0 Å². The number of fused-ring (bicyclic) bond motifs is 4. The first kappa shape index (κ1) is 34.4. The van der Waals surface area contributed by atoms with Crippen molar-refractivity contribution >= 4 is 58.0 Å². The van der Waals surface area contributed by atoms with E-state index in [-0.39, 0.29) is 36.7 Å². The van der Waals surface area contributed by atoms with E-state index in [0.717, 1.165) is 45.3 Å². The molecule has 2 N–H and O–H groups in total. The molecule has 0 saturated heterocycles. The van der Waals surface area contributed by atoms with E-state index in [1.54, 1.807) is 85.2 Å². The minimum atomic E-state index is -0.338. The Morgan fingerprint density at radius 2 is 1.04 bits per heavy atom. The summed E-state index contributed by atoms with van der Waals surface area (Å²) in [6.07, 6.45) is 6.97. The summed E-state index contributed by atoms with van der Waals surface area (Å²) in [7, 11) is 0. The van der Waals surface area contributed by atoms with Crippen LogP contribution in [0, 0.1) is 0 Å². The van der Waals surface area contributed by atoms with Gasteiger partial charge >= 0.3 is 0 Å². The van der Waals surface area contributed by atoms with Gasteiger partial charge in [-0.15, -0.1) is 0 Å². The minimum Gasteiger partial charge on any atom is -0.319 e. The summed E-state index contributed by atoms with van der Waals surface area (Å²) in [5.74, 6) is -0.734. The summed E-state index contributed by atoms with van der Waals surface area (Å²) in [4.78, 5) is 71.3. The van der Waals surface area contributed by atoms with Gasteiger partial charge in [-0.1, -0.05) is 51.0 Å². The molecule has 0 atom stereocenters. The van der Waals surface area contributed by atoms with Crippen LogP contribution in [0.1, 0.15) is 60.2 Å². The lowest BCUT2D eigenvalue weighted by Crippen LogP contribution is -2.44. The highest BCUT2D eigenvalue weighted by Crippen LogP contribution is 2.38. The van der Waals surface area contributed by atoms with Gasteiger partial charge in [0.05, 0.1) is 47.0 Å². The van der Waals surface area contributed by atoms with Crippen LogP contribution >= 0.6 is 0 Å². The summed E-state index contributed by atoms with van der Waals surface area (Å²) in [6, 6.07) is 20.7. The largest absolute Gasteiger partial charge is 0.319 e. The number of nitrogens with zero attached hydrogens (tertiary/aromatic N) is 6. The maximum Gasteiger partial charge on any atom is 0.257 e. The molecular weight excluding hydrogens is 632 g/mol. The van der Waals surface area contributed by atoms with Crippen LogP contribution in [0.2, 0.25) is 0 Å². The second-order valence-corrected chi connectivity index (χ2v) is 12.3. The lowest BCUT2D eigenvalue weighted by molar-refractivity contribution is -0.121. The van der Waals surface area contributed by atoms with Crippen LogP contribution in [0.15, 0.2) is 85.2 Å². The molecule has 0 fully saturated rings. The van der Waals surface area contributed by atoms with E-state index in [1.165, 1.54) is 9.80 Å². The van der Waals surface area contributed by atoms with Gasteiger partial charge in [-0.25, -0.2) is 9.97 Å². The second-order valence-electron chi connectivity index (χ2n) is 12.3. The van der Waals surface area contributed by atoms with Crippen LogP contribution in [0.3, 0.4) is 0 Å². The molecule has 0 aliphatic carbocycles. The number of para-hydroxylation sites is 2. The van der Waals surface area contributed by atoms with Crippen molar-refractivity contribution in [2.24, 2.45) is 0 Å². The lowest BCUT2D eigenvalue weighted by atomic mass is 10.1. The molecule has 2 aliphatic rings. The van der Waals surface area contributed by atoms with Crippen LogP contribution in [0.25, 0.3) is 0 Å². The van der Waals surface area contributed by atoms with Crippen molar-refractivity contribution in [3.63, 3.8) is 0 Å². The fourth-order valence-electron chi connectivity index (χ4n) is 6.48. The Labute approximate surface area is 292 Å². The van der Waals surface area contributed by atoms with Crippen molar-refractivity contribution in [1.29, 1.82) is 0 Å². The zero-order chi connectivity index (χ0) is 35.0. The molecule has 12 nitrogen and oxygen atoms in total.